The summed E-state index contributed by atoms with van der Waals surface area (Å²) in [4.78, 5) is 0.478. The molecule has 2 rings (SSSR count). The largest absolute Gasteiger partial charge is 0.600 e. The average molecular weight is 259 g/mol. The van der Waals surface area contributed by atoms with Gasteiger partial charge in [0, 0.05) is 16.9 Å². The van der Waals surface area contributed by atoms with Gasteiger partial charge in [-0.3, -0.25) is 0 Å². The van der Waals surface area contributed by atoms with Crippen LogP contribution in [-0.4, -0.2) is 0 Å². The molecule has 1 aromatic heterocycles. The van der Waals surface area contributed by atoms with E-state index in [-0.39, 0.29) is 0 Å². The molecular weight excluding hydrogens is 245 g/mol. The lowest BCUT2D eigenvalue weighted by atomic mass is 9.94. The maximum atomic E-state index is 13.2. The number of rotatable bonds is 0. The second-order valence-electron chi connectivity index (χ2n) is 5.05. The number of benzene rings is 1. The van der Waals surface area contributed by atoms with Crippen LogP contribution in [0.4, 0.5) is 13.2 Å². The van der Waals surface area contributed by atoms with Crippen LogP contribution in [0.5, 0.6) is 0 Å². The van der Waals surface area contributed by atoms with Crippen LogP contribution < -0.4 is 0 Å². The topological polar surface area (TPSA) is 0 Å². The van der Waals surface area contributed by atoms with E-state index >= 15 is 0 Å². The quantitative estimate of drug-likeness (QED) is 0.558. The summed E-state index contributed by atoms with van der Waals surface area (Å²) in [5, 5.41) is 0.707. The summed E-state index contributed by atoms with van der Waals surface area (Å²) in [6.07, 6.45) is 0. The van der Waals surface area contributed by atoms with Crippen LogP contribution in [-0.2, 0) is 10.9 Å². The van der Waals surface area contributed by atoms with Crippen molar-refractivity contribution in [2.45, 2.75) is 31.7 Å². The van der Waals surface area contributed by atoms with Gasteiger partial charge in [-0.2, -0.15) is 0 Å². The normalized spacial score (nSPS) is 14.4. The second kappa shape index (κ2) is 3.73. The maximum Gasteiger partial charge on any atom is 0.600 e. The Balaban J connectivity index is 2.84. The van der Waals surface area contributed by atoms with Crippen LogP contribution in [0.15, 0.2) is 30.3 Å². The molecule has 0 saturated heterocycles. The monoisotopic (exact) mass is 259 g/mol. The van der Waals surface area contributed by atoms with Gasteiger partial charge in [0.05, 0.1) is 10.5 Å². The Bertz CT molecular complexity index is 544. The molecule has 0 nitrogen and oxygen atoms in total. The smallest absolute Gasteiger partial charge is 0.118 e. The van der Waals surface area contributed by atoms with Crippen molar-refractivity contribution >= 4 is 20.6 Å². The van der Waals surface area contributed by atoms with Crippen molar-refractivity contribution < 1.29 is 13.2 Å². The third-order valence-electron chi connectivity index (χ3n) is 2.62. The van der Waals surface area contributed by atoms with Gasteiger partial charge in [0.2, 0.25) is 0 Å². The number of fused-ring (bicyclic) bond motifs is 1. The van der Waals surface area contributed by atoms with E-state index in [1.54, 1.807) is 30.3 Å². The second-order valence-corrected chi connectivity index (χ2v) is 7.00. The van der Waals surface area contributed by atoms with Crippen LogP contribution in [0.2, 0.25) is 0 Å². The molecule has 0 radical (unpaired) electrons. The van der Waals surface area contributed by atoms with Crippen LogP contribution in [0.3, 0.4) is 0 Å². The molecular formula is C13H14F3S+. The standard InChI is InChI=1S/C13H14F3S/c1-12(2,3)11-8-9-6-4-5-7-10(9)17(11)13(14,15)16/h4-8H,1-3H3/q+1. The summed E-state index contributed by atoms with van der Waals surface area (Å²) < 4.78 is 40.0. The SMILES string of the molecule is CC(C)(C)c1cc2ccccc2[s+]1C(F)(F)F. The third-order valence-corrected chi connectivity index (χ3v) is 5.06. The first-order valence-electron chi connectivity index (χ1n) is 5.33. The minimum absolute atomic E-state index is 0.407. The molecule has 0 fully saturated rings. The zero-order valence-electron chi connectivity index (χ0n) is 9.93. The van der Waals surface area contributed by atoms with Gasteiger partial charge < -0.3 is 0 Å². The lowest BCUT2D eigenvalue weighted by Crippen LogP contribution is -2.12. The zero-order valence-corrected chi connectivity index (χ0v) is 10.7. The van der Waals surface area contributed by atoms with E-state index in [2.05, 4.69) is 0 Å². The van der Waals surface area contributed by atoms with Crippen molar-refractivity contribution in [3.63, 3.8) is 0 Å². The van der Waals surface area contributed by atoms with E-state index in [1.807, 2.05) is 20.8 Å². The highest BCUT2D eigenvalue weighted by Crippen LogP contribution is 2.53. The summed E-state index contributed by atoms with van der Waals surface area (Å²) in [6.45, 7) is 5.49. The fourth-order valence-corrected chi connectivity index (χ4v) is 4.05. The van der Waals surface area contributed by atoms with Gasteiger partial charge in [-0.15, -0.1) is 13.2 Å². The third kappa shape index (κ3) is 2.18. The molecule has 92 valence electrons. The zero-order chi connectivity index (χ0) is 12.8. The Morgan fingerprint density at radius 2 is 1.59 bits per heavy atom. The first-order chi connectivity index (χ1) is 7.71. The lowest BCUT2D eigenvalue weighted by molar-refractivity contribution is -0.0869. The molecule has 1 heterocycles. The maximum absolute atomic E-state index is 13.2. The molecule has 1 aromatic carbocycles. The van der Waals surface area contributed by atoms with Gasteiger partial charge in [-0.05, 0) is 12.1 Å². The van der Waals surface area contributed by atoms with Crippen molar-refractivity contribution in [1.29, 1.82) is 0 Å². The van der Waals surface area contributed by atoms with E-state index in [4.69, 9.17) is 0 Å². The summed E-state index contributed by atoms with van der Waals surface area (Å²) in [5.74, 6) is 0. The van der Waals surface area contributed by atoms with E-state index in [9.17, 15) is 13.2 Å². The molecule has 0 N–H and O–H groups in total. The van der Waals surface area contributed by atoms with Gasteiger partial charge in [0.1, 0.15) is 0 Å². The van der Waals surface area contributed by atoms with E-state index in [0.717, 1.165) is 0 Å². The highest BCUT2D eigenvalue weighted by atomic mass is 32.2. The Morgan fingerprint density at radius 1 is 1.00 bits per heavy atom. The van der Waals surface area contributed by atoms with E-state index in [0.29, 0.717) is 15.0 Å². The first-order valence-corrected chi connectivity index (χ1v) is 6.56. The van der Waals surface area contributed by atoms with Crippen molar-refractivity contribution in [2.75, 3.05) is 0 Å². The van der Waals surface area contributed by atoms with Gasteiger partial charge in [-0.1, -0.05) is 32.9 Å². The van der Waals surface area contributed by atoms with Crippen LogP contribution in [0.1, 0.15) is 25.6 Å². The summed E-state index contributed by atoms with van der Waals surface area (Å²) in [7, 11) is -1.77. The molecule has 0 bridgehead atoms. The molecule has 4 heteroatoms. The van der Waals surface area contributed by atoms with Crippen molar-refractivity contribution in [2.24, 2.45) is 0 Å². The number of halogens is 3. The van der Waals surface area contributed by atoms with Crippen molar-refractivity contribution in [1.82, 2.24) is 0 Å². The molecule has 0 aliphatic carbocycles. The molecule has 1 atom stereocenters. The van der Waals surface area contributed by atoms with Gasteiger partial charge in [0.25, 0.3) is 0 Å². The van der Waals surface area contributed by atoms with Crippen molar-refractivity contribution in [3.05, 3.63) is 35.2 Å². The predicted molar refractivity (Wildman–Crippen MR) is 66.4 cm³/mol. The molecule has 0 aliphatic rings. The van der Waals surface area contributed by atoms with Gasteiger partial charge in [0.15, 0.2) is 9.58 Å². The molecule has 1 unspecified atom stereocenters. The van der Waals surface area contributed by atoms with Crippen molar-refractivity contribution in [3.8, 4) is 0 Å². The lowest BCUT2D eigenvalue weighted by Gasteiger charge is -2.13. The molecule has 0 aliphatic heterocycles. The number of alkyl halides is 3. The van der Waals surface area contributed by atoms with E-state index < -0.39 is 21.4 Å². The highest BCUT2D eigenvalue weighted by molar-refractivity contribution is 7.38. The minimum Gasteiger partial charge on any atom is -0.118 e. The van der Waals surface area contributed by atoms with Crippen LogP contribution >= 0.6 is 10.5 Å². The average Bonchev–Trinajstić information content (AvgIpc) is 2.54. The Labute approximate surface area is 101 Å². The Morgan fingerprint density at radius 3 is 2.12 bits per heavy atom. The molecule has 0 spiro atoms. The number of hydrogen-bond donors (Lipinski definition) is 0. The first kappa shape index (κ1) is 12.4. The predicted octanol–water partition coefficient (Wildman–Crippen LogP) is 5.36. The number of hydrogen-bond acceptors (Lipinski definition) is 0. The van der Waals surface area contributed by atoms with Gasteiger partial charge in [-0.25, -0.2) is 0 Å². The summed E-state index contributed by atoms with van der Waals surface area (Å²) in [5.41, 5.74) is -4.65. The van der Waals surface area contributed by atoms with Crippen LogP contribution in [0.25, 0.3) is 10.1 Å². The molecule has 2 aromatic rings. The Kier molecular flexibility index (Phi) is 2.73. The Hall–Kier alpha value is -1.03. The fraction of sp³-hybridized carbons (Fsp3) is 0.385. The van der Waals surface area contributed by atoms with Gasteiger partial charge >= 0.3 is 5.51 Å². The number of thiophene rings is 1. The van der Waals surface area contributed by atoms with E-state index in [1.165, 1.54) is 0 Å². The molecule has 0 amide bonds. The fourth-order valence-electron chi connectivity index (χ4n) is 1.88. The minimum atomic E-state index is -4.19. The van der Waals surface area contributed by atoms with Crippen LogP contribution in [0, 0.1) is 0 Å². The summed E-state index contributed by atoms with van der Waals surface area (Å²) >= 11 is 0. The molecule has 0 saturated carbocycles. The summed E-state index contributed by atoms with van der Waals surface area (Å²) in [6, 6.07) is 8.48. The highest BCUT2D eigenvalue weighted by Gasteiger charge is 2.50. The molecule has 17 heavy (non-hydrogen) atoms.